The molecule has 0 atom stereocenters. The fourth-order valence-corrected chi connectivity index (χ4v) is 2.98. The first kappa shape index (κ1) is 15.8. The van der Waals surface area contributed by atoms with Gasteiger partial charge in [-0.05, 0) is 24.3 Å². The summed E-state index contributed by atoms with van der Waals surface area (Å²) >= 11 is 0. The molecule has 130 valence electrons. The maximum Gasteiger partial charge on any atom is 0.347 e. The number of carbonyl (C=O) groups excluding carboxylic acids is 4. The lowest BCUT2D eigenvalue weighted by atomic mass is 9.95. The van der Waals surface area contributed by atoms with Crippen LogP contribution in [-0.4, -0.2) is 38.1 Å². The summed E-state index contributed by atoms with van der Waals surface area (Å²) in [6.45, 7) is 0. The second kappa shape index (κ2) is 5.41. The van der Waals surface area contributed by atoms with Gasteiger partial charge in [0.1, 0.15) is 11.5 Å². The van der Waals surface area contributed by atoms with Crippen molar-refractivity contribution in [2.45, 2.75) is 0 Å². The largest absolute Gasteiger partial charge is 0.496 e. The second-order valence-electron chi connectivity index (χ2n) is 5.55. The minimum atomic E-state index is -0.774. The molecule has 0 unspecified atom stereocenters. The minimum Gasteiger partial charge on any atom is -0.496 e. The van der Waals surface area contributed by atoms with E-state index < -0.39 is 23.9 Å². The zero-order chi connectivity index (χ0) is 18.6. The predicted octanol–water partition coefficient (Wildman–Crippen LogP) is 1.99. The molecule has 0 N–H and O–H groups in total. The average molecular weight is 354 g/mol. The zero-order valence-corrected chi connectivity index (χ0v) is 13.6. The summed E-state index contributed by atoms with van der Waals surface area (Å²) in [4.78, 5) is 47.2. The van der Waals surface area contributed by atoms with E-state index in [1.807, 2.05) is 0 Å². The molecule has 0 radical (unpaired) electrons. The Labute approximate surface area is 146 Å². The number of esters is 4. The average Bonchev–Trinajstić information content (AvgIpc) is 3.07. The van der Waals surface area contributed by atoms with E-state index in [2.05, 4.69) is 9.47 Å². The van der Waals surface area contributed by atoms with Crippen LogP contribution in [0, 0.1) is 0 Å². The second-order valence-corrected chi connectivity index (χ2v) is 5.55. The van der Waals surface area contributed by atoms with Crippen molar-refractivity contribution < 1.29 is 38.1 Å². The number of hydrogen-bond donors (Lipinski definition) is 0. The van der Waals surface area contributed by atoms with Gasteiger partial charge in [0.25, 0.3) is 0 Å². The fourth-order valence-electron chi connectivity index (χ4n) is 2.98. The third-order valence-corrected chi connectivity index (χ3v) is 4.22. The van der Waals surface area contributed by atoms with Crippen LogP contribution in [0.4, 0.5) is 0 Å². The molecule has 2 aliphatic rings. The van der Waals surface area contributed by atoms with Crippen LogP contribution in [0.25, 0.3) is 11.1 Å². The van der Waals surface area contributed by atoms with Crippen LogP contribution in [0.15, 0.2) is 24.3 Å². The van der Waals surface area contributed by atoms with Crippen molar-refractivity contribution in [2.75, 3.05) is 14.2 Å². The van der Waals surface area contributed by atoms with Gasteiger partial charge in [-0.15, -0.1) is 0 Å². The number of ether oxygens (including phenoxy) is 4. The third kappa shape index (κ3) is 2.08. The molecule has 0 spiro atoms. The van der Waals surface area contributed by atoms with Crippen LogP contribution in [0.3, 0.4) is 0 Å². The van der Waals surface area contributed by atoms with E-state index in [1.165, 1.54) is 38.5 Å². The standard InChI is InChI=1S/C18H10O8/c1-23-13-5-11-9(15(19)25-17(11)21)3-7(13)8-4-10-12(6-14(8)24-2)18(22)26-16(10)20/h3-6H,1-2H3. The minimum absolute atomic E-state index is 0.0759. The molecule has 2 heterocycles. The first-order valence-corrected chi connectivity index (χ1v) is 7.42. The maximum atomic E-state index is 11.9. The first-order valence-electron chi connectivity index (χ1n) is 7.42. The molecule has 8 nitrogen and oxygen atoms in total. The SMILES string of the molecule is COc1cc2c(cc1-c1cc3c(cc1OC)C(=O)OC3=O)C(=O)OC2=O. The highest BCUT2D eigenvalue weighted by Crippen LogP contribution is 2.42. The number of hydrogen-bond acceptors (Lipinski definition) is 8. The highest BCUT2D eigenvalue weighted by atomic mass is 16.6. The Morgan fingerprint density at radius 1 is 0.538 bits per heavy atom. The fraction of sp³-hybridized carbons (Fsp3) is 0.111. The maximum absolute atomic E-state index is 11.9. The molecule has 0 amide bonds. The summed E-state index contributed by atoms with van der Waals surface area (Å²) in [5, 5.41) is 0. The number of rotatable bonds is 3. The van der Waals surface area contributed by atoms with Crippen molar-refractivity contribution >= 4 is 23.9 Å². The van der Waals surface area contributed by atoms with Crippen LogP contribution in [-0.2, 0) is 9.47 Å². The molecule has 8 heteroatoms. The molecule has 0 saturated carbocycles. The van der Waals surface area contributed by atoms with Gasteiger partial charge in [0, 0.05) is 11.1 Å². The van der Waals surface area contributed by atoms with Gasteiger partial charge in [0.2, 0.25) is 0 Å². The molecule has 2 aromatic carbocycles. The highest BCUT2D eigenvalue weighted by Gasteiger charge is 2.34. The molecular weight excluding hydrogens is 344 g/mol. The number of benzene rings is 2. The molecule has 2 aliphatic heterocycles. The van der Waals surface area contributed by atoms with Crippen LogP contribution < -0.4 is 9.47 Å². The van der Waals surface area contributed by atoms with Gasteiger partial charge in [-0.2, -0.15) is 0 Å². The van der Waals surface area contributed by atoms with Gasteiger partial charge in [-0.3, -0.25) is 0 Å². The van der Waals surface area contributed by atoms with Crippen molar-refractivity contribution in [3.63, 3.8) is 0 Å². The Balaban J connectivity index is 1.99. The number of carbonyl (C=O) groups is 4. The molecule has 0 fully saturated rings. The van der Waals surface area contributed by atoms with E-state index in [0.29, 0.717) is 11.1 Å². The predicted molar refractivity (Wildman–Crippen MR) is 84.5 cm³/mol. The van der Waals surface area contributed by atoms with Gasteiger partial charge in [-0.25, -0.2) is 19.2 Å². The molecular formula is C18H10O8. The van der Waals surface area contributed by atoms with E-state index in [-0.39, 0.29) is 33.8 Å². The van der Waals surface area contributed by atoms with Crippen molar-refractivity contribution in [1.82, 2.24) is 0 Å². The summed E-state index contributed by atoms with van der Waals surface area (Å²) < 4.78 is 19.8. The van der Waals surface area contributed by atoms with Crippen LogP contribution in [0.5, 0.6) is 11.5 Å². The zero-order valence-electron chi connectivity index (χ0n) is 13.6. The Morgan fingerprint density at radius 2 is 0.846 bits per heavy atom. The summed E-state index contributed by atoms with van der Waals surface area (Å²) in [5.41, 5.74) is 1.11. The van der Waals surface area contributed by atoms with Crippen LogP contribution in [0.2, 0.25) is 0 Å². The van der Waals surface area contributed by atoms with E-state index in [0.717, 1.165) is 0 Å². The summed E-state index contributed by atoms with van der Waals surface area (Å²) in [7, 11) is 2.79. The lowest BCUT2D eigenvalue weighted by molar-refractivity contribution is 0.0425. The first-order chi connectivity index (χ1) is 12.4. The van der Waals surface area contributed by atoms with Gasteiger partial charge < -0.3 is 18.9 Å². The summed E-state index contributed by atoms with van der Waals surface area (Å²) in [6, 6.07) is 5.61. The molecule has 4 rings (SSSR count). The van der Waals surface area contributed by atoms with Gasteiger partial charge in [0.15, 0.2) is 0 Å². The quantitative estimate of drug-likeness (QED) is 0.609. The topological polar surface area (TPSA) is 105 Å². The Morgan fingerprint density at radius 3 is 1.15 bits per heavy atom. The molecule has 0 aliphatic carbocycles. The highest BCUT2D eigenvalue weighted by molar-refractivity contribution is 6.17. The van der Waals surface area contributed by atoms with Gasteiger partial charge >= 0.3 is 23.9 Å². The van der Waals surface area contributed by atoms with Crippen molar-refractivity contribution in [3.05, 3.63) is 46.5 Å². The summed E-state index contributed by atoms with van der Waals surface area (Å²) in [5.74, 6) is -2.53. The molecule has 0 aromatic heterocycles. The third-order valence-electron chi connectivity index (χ3n) is 4.22. The van der Waals surface area contributed by atoms with E-state index >= 15 is 0 Å². The molecule has 0 saturated heterocycles. The normalized spacial score (nSPS) is 14.7. The molecule has 2 aromatic rings. The van der Waals surface area contributed by atoms with Crippen LogP contribution in [0.1, 0.15) is 41.4 Å². The van der Waals surface area contributed by atoms with Crippen molar-refractivity contribution in [3.8, 4) is 22.6 Å². The lowest BCUT2D eigenvalue weighted by Gasteiger charge is -2.14. The Hall–Kier alpha value is -3.68. The number of cyclic esters (lactones) is 4. The van der Waals surface area contributed by atoms with Gasteiger partial charge in [-0.1, -0.05) is 0 Å². The number of fused-ring (bicyclic) bond motifs is 2. The van der Waals surface area contributed by atoms with Crippen LogP contribution >= 0.6 is 0 Å². The molecule has 26 heavy (non-hydrogen) atoms. The van der Waals surface area contributed by atoms with E-state index in [9.17, 15) is 19.2 Å². The molecule has 0 bridgehead atoms. The van der Waals surface area contributed by atoms with E-state index in [1.54, 1.807) is 0 Å². The van der Waals surface area contributed by atoms with Crippen molar-refractivity contribution in [1.29, 1.82) is 0 Å². The van der Waals surface area contributed by atoms with E-state index in [4.69, 9.17) is 9.47 Å². The summed E-state index contributed by atoms with van der Waals surface area (Å²) in [6.07, 6.45) is 0. The smallest absolute Gasteiger partial charge is 0.347 e. The van der Waals surface area contributed by atoms with Crippen molar-refractivity contribution in [2.24, 2.45) is 0 Å². The Kier molecular flexibility index (Phi) is 3.30. The van der Waals surface area contributed by atoms with Gasteiger partial charge in [0.05, 0.1) is 36.5 Å². The monoisotopic (exact) mass is 354 g/mol. The lowest BCUT2D eigenvalue weighted by Crippen LogP contribution is -2.00. The number of methoxy groups -OCH3 is 2. The Bertz CT molecular complexity index is 950.